The van der Waals surface area contributed by atoms with E-state index in [1.54, 1.807) is 6.92 Å². The van der Waals surface area contributed by atoms with Crippen LogP contribution in [0.1, 0.15) is 13.3 Å². The third-order valence-corrected chi connectivity index (χ3v) is 1.53. The number of nitrogens with one attached hydrogen (secondary N) is 1. The zero-order valence-corrected chi connectivity index (χ0v) is 8.89. The molecule has 0 spiro atoms. The predicted molar refractivity (Wildman–Crippen MR) is 54.1 cm³/mol. The van der Waals surface area contributed by atoms with Gasteiger partial charge in [-0.3, -0.25) is 9.59 Å². The van der Waals surface area contributed by atoms with E-state index < -0.39 is 0 Å². The Hall–Kier alpha value is -1.03. The maximum atomic E-state index is 10.9. The summed E-state index contributed by atoms with van der Waals surface area (Å²) in [7, 11) is 0. The molecule has 0 aromatic heterocycles. The van der Waals surface area contributed by atoms with Crippen molar-refractivity contribution in [2.75, 3.05) is 19.0 Å². The Morgan fingerprint density at radius 3 is 2.64 bits per heavy atom. The summed E-state index contributed by atoms with van der Waals surface area (Å²) in [6.45, 7) is 5.52. The van der Waals surface area contributed by atoms with E-state index in [0.717, 1.165) is 0 Å². The van der Waals surface area contributed by atoms with Crippen LogP contribution in [0.4, 0.5) is 0 Å². The van der Waals surface area contributed by atoms with Gasteiger partial charge < -0.3 is 10.1 Å². The summed E-state index contributed by atoms with van der Waals surface area (Å²) in [6, 6.07) is 0. The van der Waals surface area contributed by atoms with Crippen LogP contribution in [0.3, 0.4) is 0 Å². The maximum Gasteiger partial charge on any atom is 0.307 e. The van der Waals surface area contributed by atoms with Crippen molar-refractivity contribution < 1.29 is 14.3 Å². The van der Waals surface area contributed by atoms with Crippen LogP contribution in [0.25, 0.3) is 0 Å². The van der Waals surface area contributed by atoms with E-state index in [2.05, 4.69) is 11.9 Å². The lowest BCUT2D eigenvalue weighted by Crippen LogP contribution is -2.28. The Morgan fingerprint density at radius 2 is 2.14 bits per heavy atom. The predicted octanol–water partition coefficient (Wildman–Crippen LogP) is 0.851. The van der Waals surface area contributed by atoms with E-state index in [1.807, 2.05) is 0 Å². The fraction of sp³-hybridized carbons (Fsp3) is 0.556. The number of ether oxygens (including phenoxy) is 1. The molecule has 0 aliphatic carbocycles. The van der Waals surface area contributed by atoms with Crippen molar-refractivity contribution in [1.29, 1.82) is 0 Å². The number of esters is 1. The standard InChI is InChI=1S/C9H14ClNO3/c1-7(2)9(13)11-5-6-14-8(12)3-4-10/h1,3-6H2,2H3,(H,11,13). The highest BCUT2D eigenvalue weighted by atomic mass is 35.5. The number of alkyl halides is 1. The van der Waals surface area contributed by atoms with Crippen LogP contribution in [-0.4, -0.2) is 30.9 Å². The Balaban J connectivity index is 3.42. The van der Waals surface area contributed by atoms with Gasteiger partial charge in [0.1, 0.15) is 6.61 Å². The summed E-state index contributed by atoms with van der Waals surface area (Å²) >= 11 is 5.32. The van der Waals surface area contributed by atoms with E-state index in [9.17, 15) is 9.59 Å². The fourth-order valence-corrected chi connectivity index (χ4v) is 0.784. The summed E-state index contributed by atoms with van der Waals surface area (Å²) in [5, 5.41) is 2.53. The van der Waals surface area contributed by atoms with Crippen LogP contribution in [0.5, 0.6) is 0 Å². The number of hydrogen-bond donors (Lipinski definition) is 1. The third-order valence-electron chi connectivity index (χ3n) is 1.34. The first kappa shape index (κ1) is 13.0. The Labute approximate surface area is 88.3 Å². The summed E-state index contributed by atoms with van der Waals surface area (Å²) in [4.78, 5) is 21.7. The molecule has 0 radical (unpaired) electrons. The minimum Gasteiger partial charge on any atom is -0.464 e. The molecule has 0 unspecified atom stereocenters. The van der Waals surface area contributed by atoms with E-state index in [1.165, 1.54) is 0 Å². The molecule has 1 amide bonds. The molecule has 0 aromatic carbocycles. The number of rotatable bonds is 6. The highest BCUT2D eigenvalue weighted by molar-refractivity contribution is 6.18. The largest absolute Gasteiger partial charge is 0.464 e. The SMILES string of the molecule is C=C(C)C(=O)NCCOC(=O)CCCl. The topological polar surface area (TPSA) is 55.4 Å². The van der Waals surface area contributed by atoms with Gasteiger partial charge in [-0.05, 0) is 6.92 Å². The van der Waals surface area contributed by atoms with Crippen LogP contribution >= 0.6 is 11.6 Å². The first-order chi connectivity index (χ1) is 6.57. The van der Waals surface area contributed by atoms with Gasteiger partial charge in [0.25, 0.3) is 0 Å². The van der Waals surface area contributed by atoms with Crippen LogP contribution in [0.15, 0.2) is 12.2 Å². The first-order valence-corrected chi connectivity index (χ1v) is 4.76. The number of carbonyl (C=O) groups excluding carboxylic acids is 2. The molecule has 0 aromatic rings. The van der Waals surface area contributed by atoms with Gasteiger partial charge in [0.2, 0.25) is 5.91 Å². The summed E-state index contributed by atoms with van der Waals surface area (Å²) in [5.41, 5.74) is 0.428. The van der Waals surface area contributed by atoms with Crippen molar-refractivity contribution in [3.63, 3.8) is 0 Å². The van der Waals surface area contributed by atoms with Gasteiger partial charge in [0.05, 0.1) is 13.0 Å². The van der Waals surface area contributed by atoms with Gasteiger partial charge in [0, 0.05) is 11.5 Å². The summed E-state index contributed by atoms with van der Waals surface area (Å²) in [6.07, 6.45) is 0.190. The van der Waals surface area contributed by atoms with Crippen molar-refractivity contribution in [1.82, 2.24) is 5.32 Å². The fourth-order valence-electron chi connectivity index (χ4n) is 0.630. The highest BCUT2D eigenvalue weighted by Crippen LogP contribution is 1.89. The van der Waals surface area contributed by atoms with Crippen LogP contribution in [0.2, 0.25) is 0 Å². The van der Waals surface area contributed by atoms with Crippen molar-refractivity contribution in [2.24, 2.45) is 0 Å². The van der Waals surface area contributed by atoms with Crippen LogP contribution in [0, 0.1) is 0 Å². The molecule has 80 valence electrons. The average molecular weight is 220 g/mol. The van der Waals surface area contributed by atoms with E-state index >= 15 is 0 Å². The van der Waals surface area contributed by atoms with Gasteiger partial charge in [-0.15, -0.1) is 11.6 Å². The monoisotopic (exact) mass is 219 g/mol. The molecule has 5 heteroatoms. The van der Waals surface area contributed by atoms with E-state index in [-0.39, 0.29) is 30.8 Å². The lowest BCUT2D eigenvalue weighted by molar-refractivity contribution is -0.143. The van der Waals surface area contributed by atoms with Crippen molar-refractivity contribution in [2.45, 2.75) is 13.3 Å². The quantitative estimate of drug-likeness (QED) is 0.312. The zero-order valence-electron chi connectivity index (χ0n) is 8.14. The van der Waals surface area contributed by atoms with Crippen LogP contribution < -0.4 is 5.32 Å². The second kappa shape index (κ2) is 7.38. The van der Waals surface area contributed by atoms with Crippen LogP contribution in [-0.2, 0) is 14.3 Å². The zero-order chi connectivity index (χ0) is 11.0. The Morgan fingerprint density at radius 1 is 1.50 bits per heavy atom. The number of hydrogen-bond acceptors (Lipinski definition) is 3. The van der Waals surface area contributed by atoms with Crippen molar-refractivity contribution in [3.8, 4) is 0 Å². The Kier molecular flexibility index (Phi) is 6.84. The van der Waals surface area contributed by atoms with Gasteiger partial charge in [-0.1, -0.05) is 6.58 Å². The Bertz CT molecular complexity index is 228. The number of amides is 1. The molecule has 0 saturated carbocycles. The summed E-state index contributed by atoms with van der Waals surface area (Å²) in [5.74, 6) is -0.347. The molecule has 0 heterocycles. The average Bonchev–Trinajstić information content (AvgIpc) is 2.12. The molecular weight excluding hydrogens is 206 g/mol. The highest BCUT2D eigenvalue weighted by Gasteiger charge is 2.02. The third kappa shape index (κ3) is 6.48. The van der Waals surface area contributed by atoms with Gasteiger partial charge in [-0.2, -0.15) is 0 Å². The second-order valence-electron chi connectivity index (χ2n) is 2.70. The van der Waals surface area contributed by atoms with Gasteiger partial charge in [0.15, 0.2) is 0 Å². The molecule has 1 N–H and O–H groups in total. The smallest absolute Gasteiger partial charge is 0.307 e. The van der Waals surface area contributed by atoms with Gasteiger partial charge >= 0.3 is 5.97 Å². The molecular formula is C9H14ClNO3. The normalized spacial score (nSPS) is 9.29. The molecule has 14 heavy (non-hydrogen) atoms. The molecule has 0 saturated heterocycles. The number of carbonyl (C=O) groups is 2. The number of halogens is 1. The molecule has 4 nitrogen and oxygen atoms in total. The molecule has 0 fully saturated rings. The second-order valence-corrected chi connectivity index (χ2v) is 3.07. The van der Waals surface area contributed by atoms with Crippen molar-refractivity contribution in [3.05, 3.63) is 12.2 Å². The molecule has 0 rings (SSSR count). The minimum absolute atomic E-state index is 0.161. The van der Waals surface area contributed by atoms with Gasteiger partial charge in [-0.25, -0.2) is 0 Å². The van der Waals surface area contributed by atoms with E-state index in [0.29, 0.717) is 12.1 Å². The molecule has 0 bridgehead atoms. The lowest BCUT2D eigenvalue weighted by Gasteiger charge is -2.05. The maximum absolute atomic E-state index is 10.9. The first-order valence-electron chi connectivity index (χ1n) is 4.23. The molecule has 0 aliphatic rings. The van der Waals surface area contributed by atoms with Crippen molar-refractivity contribution >= 4 is 23.5 Å². The summed E-state index contributed by atoms with van der Waals surface area (Å²) < 4.78 is 4.74. The minimum atomic E-state index is -0.357. The lowest BCUT2D eigenvalue weighted by atomic mass is 10.3. The van der Waals surface area contributed by atoms with E-state index in [4.69, 9.17) is 16.3 Å². The molecule has 0 aliphatic heterocycles. The molecule has 0 atom stereocenters.